The maximum absolute atomic E-state index is 11.4. The first-order valence-corrected chi connectivity index (χ1v) is 5.25. The Balaban J connectivity index is 2.29. The van der Waals surface area contributed by atoms with Crippen molar-refractivity contribution in [1.82, 2.24) is 10.7 Å². The van der Waals surface area contributed by atoms with E-state index in [-0.39, 0.29) is 6.03 Å². The Labute approximate surface area is 105 Å². The minimum atomic E-state index is -0.365. The Bertz CT molecular complexity index is 454. The van der Waals surface area contributed by atoms with Crippen molar-refractivity contribution in [3.8, 4) is 0 Å². The number of nitrogens with zero attached hydrogens (tertiary/aromatic N) is 1. The summed E-state index contributed by atoms with van der Waals surface area (Å²) in [5.41, 5.74) is 3.50. The van der Waals surface area contributed by atoms with E-state index in [1.165, 1.54) is 12.4 Å². The molecule has 6 nitrogen and oxygen atoms in total. The summed E-state index contributed by atoms with van der Waals surface area (Å²) < 4.78 is 0. The predicted octanol–water partition coefficient (Wildman–Crippen LogP) is 1.44. The van der Waals surface area contributed by atoms with Crippen LogP contribution in [-0.4, -0.2) is 18.0 Å². The third-order valence-electron chi connectivity index (χ3n) is 1.82. The molecule has 0 unspecified atom stereocenters. The number of para-hydroxylation sites is 1. The standard InChI is InChI=1S/C12H14N4O2/c1-10(9-17)16-14-8-7-13-12(18)15-11-5-3-2-4-6-11/h2-9,14H,1H3,(H2,13,15,18)/b8-7+,16-10+. The summed E-state index contributed by atoms with van der Waals surface area (Å²) in [4.78, 5) is 21.6. The van der Waals surface area contributed by atoms with E-state index in [0.29, 0.717) is 17.7 Å². The molecule has 1 rings (SSSR count). The van der Waals surface area contributed by atoms with E-state index >= 15 is 0 Å². The molecule has 94 valence electrons. The number of rotatable bonds is 5. The van der Waals surface area contributed by atoms with Crippen molar-refractivity contribution in [2.75, 3.05) is 5.32 Å². The van der Waals surface area contributed by atoms with Crippen LogP contribution < -0.4 is 16.1 Å². The number of aldehydes is 1. The fourth-order valence-corrected chi connectivity index (χ4v) is 1.01. The second-order valence-corrected chi connectivity index (χ2v) is 3.30. The van der Waals surface area contributed by atoms with E-state index in [9.17, 15) is 9.59 Å². The van der Waals surface area contributed by atoms with Crippen LogP contribution in [-0.2, 0) is 4.79 Å². The van der Waals surface area contributed by atoms with Crippen LogP contribution in [0.5, 0.6) is 0 Å². The van der Waals surface area contributed by atoms with Gasteiger partial charge in [-0.15, -0.1) is 0 Å². The number of hydrogen-bond donors (Lipinski definition) is 3. The van der Waals surface area contributed by atoms with Gasteiger partial charge < -0.3 is 10.6 Å². The lowest BCUT2D eigenvalue weighted by Crippen LogP contribution is -2.24. The van der Waals surface area contributed by atoms with Crippen molar-refractivity contribution in [2.24, 2.45) is 5.10 Å². The molecule has 0 radical (unpaired) electrons. The summed E-state index contributed by atoms with van der Waals surface area (Å²) in [6.07, 6.45) is 3.40. The van der Waals surface area contributed by atoms with Crippen LogP contribution >= 0.6 is 0 Å². The number of nitrogens with one attached hydrogen (secondary N) is 3. The average Bonchev–Trinajstić information content (AvgIpc) is 2.39. The van der Waals surface area contributed by atoms with Crippen LogP contribution in [0.2, 0.25) is 0 Å². The number of hydrazone groups is 1. The first-order valence-electron chi connectivity index (χ1n) is 5.25. The summed E-state index contributed by atoms with van der Waals surface area (Å²) in [6.45, 7) is 1.56. The van der Waals surface area contributed by atoms with Gasteiger partial charge in [-0.2, -0.15) is 5.10 Å². The quantitative estimate of drug-likeness (QED) is 0.417. The molecule has 0 fully saturated rings. The molecule has 1 aromatic carbocycles. The zero-order valence-electron chi connectivity index (χ0n) is 9.88. The normalized spacial score (nSPS) is 11.1. The van der Waals surface area contributed by atoms with Crippen LogP contribution in [0.3, 0.4) is 0 Å². The van der Waals surface area contributed by atoms with Gasteiger partial charge in [0.05, 0.1) is 5.71 Å². The second-order valence-electron chi connectivity index (χ2n) is 3.30. The van der Waals surface area contributed by atoms with Crippen molar-refractivity contribution >= 4 is 23.7 Å². The summed E-state index contributed by atoms with van der Waals surface area (Å²) in [5, 5.41) is 8.77. The Morgan fingerprint density at radius 2 is 1.94 bits per heavy atom. The molecule has 0 aliphatic heterocycles. The van der Waals surface area contributed by atoms with Crippen LogP contribution in [0.25, 0.3) is 0 Å². The Hall–Kier alpha value is -2.63. The molecule has 0 saturated carbocycles. The highest BCUT2D eigenvalue weighted by Gasteiger charge is 1.96. The van der Waals surface area contributed by atoms with Gasteiger partial charge in [0.25, 0.3) is 0 Å². The average molecular weight is 246 g/mol. The number of urea groups is 1. The van der Waals surface area contributed by atoms with E-state index in [1.54, 1.807) is 19.1 Å². The van der Waals surface area contributed by atoms with Crippen molar-refractivity contribution in [2.45, 2.75) is 6.92 Å². The van der Waals surface area contributed by atoms with Crippen molar-refractivity contribution in [3.63, 3.8) is 0 Å². The van der Waals surface area contributed by atoms with Crippen LogP contribution in [0, 0.1) is 0 Å². The number of carbonyl (C=O) groups excluding carboxylic acids is 2. The molecule has 18 heavy (non-hydrogen) atoms. The summed E-state index contributed by atoms with van der Waals surface area (Å²) in [6, 6.07) is 8.70. The third-order valence-corrected chi connectivity index (χ3v) is 1.82. The molecule has 2 amide bonds. The molecule has 0 aliphatic carbocycles. The lowest BCUT2D eigenvalue weighted by molar-refractivity contribution is -0.102. The van der Waals surface area contributed by atoms with Crippen molar-refractivity contribution in [3.05, 3.63) is 42.7 Å². The van der Waals surface area contributed by atoms with E-state index in [0.717, 1.165) is 0 Å². The predicted molar refractivity (Wildman–Crippen MR) is 70.0 cm³/mol. The van der Waals surface area contributed by atoms with Crippen molar-refractivity contribution in [1.29, 1.82) is 0 Å². The van der Waals surface area contributed by atoms with E-state index in [4.69, 9.17) is 0 Å². The molecule has 0 saturated heterocycles. The van der Waals surface area contributed by atoms with Crippen LogP contribution in [0.15, 0.2) is 47.8 Å². The minimum Gasteiger partial charge on any atom is -0.313 e. The van der Waals surface area contributed by atoms with Gasteiger partial charge in [0.2, 0.25) is 0 Å². The van der Waals surface area contributed by atoms with E-state index < -0.39 is 0 Å². The lowest BCUT2D eigenvalue weighted by Gasteiger charge is -2.03. The molecular weight excluding hydrogens is 232 g/mol. The zero-order valence-corrected chi connectivity index (χ0v) is 9.88. The Kier molecular flexibility index (Phi) is 5.68. The number of anilines is 1. The Morgan fingerprint density at radius 3 is 2.61 bits per heavy atom. The van der Waals surface area contributed by atoms with Gasteiger partial charge >= 0.3 is 6.03 Å². The van der Waals surface area contributed by atoms with Gasteiger partial charge in [-0.3, -0.25) is 10.2 Å². The molecule has 1 aromatic rings. The molecule has 0 aliphatic rings. The lowest BCUT2D eigenvalue weighted by atomic mass is 10.3. The molecule has 0 atom stereocenters. The van der Waals surface area contributed by atoms with Crippen LogP contribution in [0.4, 0.5) is 10.5 Å². The fourth-order valence-electron chi connectivity index (χ4n) is 1.01. The van der Waals surface area contributed by atoms with E-state index in [1.807, 2.05) is 18.2 Å². The third kappa shape index (κ3) is 5.45. The monoisotopic (exact) mass is 246 g/mol. The molecular formula is C12H14N4O2. The molecule has 0 bridgehead atoms. The van der Waals surface area contributed by atoms with Gasteiger partial charge in [-0.25, -0.2) is 4.79 Å². The highest BCUT2D eigenvalue weighted by molar-refractivity contribution is 6.26. The summed E-state index contributed by atoms with van der Waals surface area (Å²) in [7, 11) is 0. The first kappa shape index (κ1) is 13.4. The van der Waals surface area contributed by atoms with Gasteiger partial charge in [-0.05, 0) is 19.1 Å². The van der Waals surface area contributed by atoms with Crippen molar-refractivity contribution < 1.29 is 9.59 Å². The van der Waals surface area contributed by atoms with Gasteiger partial charge in [0, 0.05) is 18.1 Å². The molecule has 6 heteroatoms. The topological polar surface area (TPSA) is 82.6 Å². The minimum absolute atomic E-state index is 0.313. The van der Waals surface area contributed by atoms with Gasteiger partial charge in [-0.1, -0.05) is 18.2 Å². The Morgan fingerprint density at radius 1 is 1.22 bits per heavy atom. The number of amides is 2. The zero-order chi connectivity index (χ0) is 13.2. The van der Waals surface area contributed by atoms with Crippen LogP contribution in [0.1, 0.15) is 6.92 Å². The van der Waals surface area contributed by atoms with Gasteiger partial charge in [0.1, 0.15) is 0 Å². The first-order chi connectivity index (χ1) is 8.72. The number of carbonyl (C=O) groups is 2. The highest BCUT2D eigenvalue weighted by atomic mass is 16.2. The fraction of sp³-hybridized carbons (Fsp3) is 0.0833. The summed E-state index contributed by atoms with van der Waals surface area (Å²) in [5.74, 6) is 0. The number of benzene rings is 1. The van der Waals surface area contributed by atoms with Gasteiger partial charge in [0.15, 0.2) is 6.29 Å². The second kappa shape index (κ2) is 7.61. The number of hydrogen-bond acceptors (Lipinski definition) is 4. The molecule has 3 N–H and O–H groups in total. The highest BCUT2D eigenvalue weighted by Crippen LogP contribution is 2.03. The summed E-state index contributed by atoms with van der Waals surface area (Å²) >= 11 is 0. The maximum Gasteiger partial charge on any atom is 0.323 e. The SMILES string of the molecule is C/C(C=O)=N\N/C=C/NC(=O)Nc1ccccc1. The molecule has 0 spiro atoms. The largest absolute Gasteiger partial charge is 0.323 e. The maximum atomic E-state index is 11.4. The molecule has 0 aromatic heterocycles. The van der Waals surface area contributed by atoms with E-state index in [2.05, 4.69) is 21.2 Å². The smallest absolute Gasteiger partial charge is 0.313 e. The molecule has 0 heterocycles.